The maximum Gasteiger partial charge on any atom is 0.211 e. The number of sulfonamides is 1. The predicted octanol–water partition coefficient (Wildman–Crippen LogP) is 1.30. The third-order valence-corrected chi connectivity index (χ3v) is 6.05. The van der Waals surface area contributed by atoms with Crippen molar-refractivity contribution in [1.82, 2.24) is 29.2 Å². The van der Waals surface area contributed by atoms with Gasteiger partial charge in [-0.25, -0.2) is 32.7 Å². The molecule has 10 nitrogen and oxygen atoms in total. The first-order valence-electron chi connectivity index (χ1n) is 9.25. The largest absolute Gasteiger partial charge is 0.365 e. The third-order valence-electron chi connectivity index (χ3n) is 4.78. The molecule has 1 aliphatic heterocycles. The number of anilines is 1. The van der Waals surface area contributed by atoms with Gasteiger partial charge in [-0.2, -0.15) is 0 Å². The van der Waals surface area contributed by atoms with Crippen molar-refractivity contribution in [3.05, 3.63) is 30.5 Å². The molecule has 3 aromatic rings. The summed E-state index contributed by atoms with van der Waals surface area (Å²) >= 11 is 0. The molecule has 0 aliphatic carbocycles. The summed E-state index contributed by atoms with van der Waals surface area (Å²) in [5.41, 5.74) is 2.78. The van der Waals surface area contributed by atoms with Gasteiger partial charge in [-0.05, 0) is 18.9 Å². The topological polar surface area (TPSA) is 129 Å². The van der Waals surface area contributed by atoms with Crippen LogP contribution in [0.5, 0.6) is 0 Å². The number of nitrogens with one attached hydrogen (secondary N) is 2. The van der Waals surface area contributed by atoms with Crippen molar-refractivity contribution >= 4 is 33.2 Å². The summed E-state index contributed by atoms with van der Waals surface area (Å²) in [6.45, 7) is 0.930. The summed E-state index contributed by atoms with van der Waals surface area (Å²) in [7, 11) is -1.58. The van der Waals surface area contributed by atoms with Crippen LogP contribution in [0.25, 0.3) is 22.4 Å². The number of rotatable bonds is 5. The minimum Gasteiger partial charge on any atom is -0.365 e. The Morgan fingerprint density at radius 2 is 2.17 bits per heavy atom. The number of piperidine rings is 1. The van der Waals surface area contributed by atoms with Crippen LogP contribution in [0.4, 0.5) is 5.82 Å². The number of hydrogen-bond acceptors (Lipinski definition) is 8. The second-order valence-electron chi connectivity index (χ2n) is 6.95. The fraction of sp³-hybridized carbons (Fsp3) is 0.389. The monoisotopic (exact) mass is 414 g/mol. The molecule has 0 aromatic carbocycles. The van der Waals surface area contributed by atoms with Gasteiger partial charge in [0, 0.05) is 38.6 Å². The first kappa shape index (κ1) is 19.4. The van der Waals surface area contributed by atoms with Crippen LogP contribution in [-0.4, -0.2) is 76.3 Å². The molecule has 4 rings (SSSR count). The molecule has 1 atom stereocenters. The fourth-order valence-electron chi connectivity index (χ4n) is 3.39. The maximum absolute atomic E-state index is 11.9. The first-order chi connectivity index (χ1) is 13.9. The highest BCUT2D eigenvalue weighted by Gasteiger charge is 2.27. The van der Waals surface area contributed by atoms with E-state index in [9.17, 15) is 8.42 Å². The van der Waals surface area contributed by atoms with Gasteiger partial charge in [0.05, 0.1) is 29.9 Å². The highest BCUT2D eigenvalue weighted by Crippen LogP contribution is 2.27. The van der Waals surface area contributed by atoms with Gasteiger partial charge < -0.3 is 10.3 Å². The van der Waals surface area contributed by atoms with Gasteiger partial charge in [0.2, 0.25) is 10.0 Å². The van der Waals surface area contributed by atoms with Crippen LogP contribution in [0.2, 0.25) is 0 Å². The van der Waals surface area contributed by atoms with Crippen molar-refractivity contribution in [2.75, 3.05) is 31.7 Å². The number of hydrogen-bond donors (Lipinski definition) is 2. The lowest BCUT2D eigenvalue weighted by atomic mass is 10.1. The van der Waals surface area contributed by atoms with E-state index in [1.54, 1.807) is 31.9 Å². The Kier molecular flexibility index (Phi) is 5.24. The molecule has 0 bridgehead atoms. The lowest BCUT2D eigenvalue weighted by molar-refractivity contribution is 0.329. The summed E-state index contributed by atoms with van der Waals surface area (Å²) in [5.74, 6) is 1.05. The summed E-state index contributed by atoms with van der Waals surface area (Å²) in [6.07, 6.45) is 9.57. The van der Waals surface area contributed by atoms with Gasteiger partial charge in [-0.15, -0.1) is 0 Å². The van der Waals surface area contributed by atoms with Gasteiger partial charge in [0.25, 0.3) is 0 Å². The van der Waals surface area contributed by atoms with Crippen molar-refractivity contribution in [2.45, 2.75) is 18.9 Å². The van der Waals surface area contributed by atoms with Gasteiger partial charge in [0.15, 0.2) is 11.5 Å². The van der Waals surface area contributed by atoms with Crippen LogP contribution >= 0.6 is 0 Å². The highest BCUT2D eigenvalue weighted by atomic mass is 32.2. The molecule has 1 saturated heterocycles. The standard InChI is InChI=1S/C18H22N8O2S/c1-19-10-16-21-8-13(15-9-22-18-14(24-15)5-6-20-18)17(25-16)23-12-4-3-7-26(11-12)29(2,27)28/h5-6,8-10,12H,3-4,7,11H2,1-2H3,(H,20,22)(H,21,23,25)/t12-/m0/s1. The van der Waals surface area contributed by atoms with Crippen LogP contribution < -0.4 is 5.32 Å². The second-order valence-corrected chi connectivity index (χ2v) is 8.93. The number of nitrogens with zero attached hydrogens (tertiary/aromatic N) is 6. The average molecular weight is 414 g/mol. The quantitative estimate of drug-likeness (QED) is 0.602. The lowest BCUT2D eigenvalue weighted by Gasteiger charge is -2.32. The molecule has 2 N–H and O–H groups in total. The maximum atomic E-state index is 11.9. The number of aliphatic imine (C=N–C) groups is 1. The predicted molar refractivity (Wildman–Crippen MR) is 111 cm³/mol. The van der Waals surface area contributed by atoms with E-state index in [-0.39, 0.29) is 6.04 Å². The van der Waals surface area contributed by atoms with E-state index < -0.39 is 10.0 Å². The molecule has 0 unspecified atom stereocenters. The molecule has 4 heterocycles. The minimum atomic E-state index is -3.23. The molecule has 152 valence electrons. The Bertz CT molecular complexity index is 1160. The molecule has 29 heavy (non-hydrogen) atoms. The zero-order valence-corrected chi connectivity index (χ0v) is 17.0. The average Bonchev–Trinajstić information content (AvgIpc) is 3.16. The molecule has 0 saturated carbocycles. The van der Waals surface area contributed by atoms with Crippen molar-refractivity contribution in [2.24, 2.45) is 4.99 Å². The number of fused-ring (bicyclic) bond motifs is 1. The van der Waals surface area contributed by atoms with Gasteiger partial charge in [-0.3, -0.25) is 4.99 Å². The Morgan fingerprint density at radius 1 is 1.31 bits per heavy atom. The van der Waals surface area contributed by atoms with E-state index in [4.69, 9.17) is 0 Å². The van der Waals surface area contributed by atoms with E-state index in [0.29, 0.717) is 41.6 Å². The molecule has 0 radical (unpaired) electrons. The Morgan fingerprint density at radius 3 is 2.97 bits per heavy atom. The van der Waals surface area contributed by atoms with Gasteiger partial charge >= 0.3 is 0 Å². The van der Waals surface area contributed by atoms with Crippen LogP contribution in [0.3, 0.4) is 0 Å². The van der Waals surface area contributed by atoms with Crippen molar-refractivity contribution < 1.29 is 8.42 Å². The van der Waals surface area contributed by atoms with E-state index in [1.807, 2.05) is 6.07 Å². The van der Waals surface area contributed by atoms with Gasteiger partial charge in [-0.1, -0.05) is 0 Å². The summed E-state index contributed by atoms with van der Waals surface area (Å²) in [5, 5.41) is 3.40. The summed E-state index contributed by atoms with van der Waals surface area (Å²) in [4.78, 5) is 24.9. The zero-order valence-electron chi connectivity index (χ0n) is 16.2. The molecule has 1 aliphatic rings. The second kappa shape index (κ2) is 7.84. The van der Waals surface area contributed by atoms with Crippen LogP contribution in [-0.2, 0) is 10.0 Å². The van der Waals surface area contributed by atoms with Crippen molar-refractivity contribution in [1.29, 1.82) is 0 Å². The molecule has 1 fully saturated rings. The Hall–Kier alpha value is -2.92. The molecule has 11 heteroatoms. The van der Waals surface area contributed by atoms with E-state index in [1.165, 1.54) is 10.6 Å². The minimum absolute atomic E-state index is 0.0671. The summed E-state index contributed by atoms with van der Waals surface area (Å²) in [6, 6.07) is 1.78. The SMILES string of the molecule is CN=Cc1ncc(-c2cnc3[nH]ccc3n2)c(N[C@H]2CCCN(S(C)(=O)=O)C2)n1. The highest BCUT2D eigenvalue weighted by molar-refractivity contribution is 7.88. The normalized spacial score (nSPS) is 18.5. The molecule has 0 spiro atoms. The van der Waals surface area contributed by atoms with Crippen LogP contribution in [0.15, 0.2) is 29.6 Å². The molecular formula is C18H22N8O2S. The Labute approximate surface area is 168 Å². The van der Waals surface area contributed by atoms with E-state index in [2.05, 4.69) is 35.2 Å². The number of H-pyrrole nitrogens is 1. The molecule has 3 aromatic heterocycles. The van der Waals surface area contributed by atoms with E-state index >= 15 is 0 Å². The smallest absolute Gasteiger partial charge is 0.211 e. The van der Waals surface area contributed by atoms with Gasteiger partial charge in [0.1, 0.15) is 11.3 Å². The van der Waals surface area contributed by atoms with Crippen molar-refractivity contribution in [3.63, 3.8) is 0 Å². The number of aromatic amines is 1. The molecular weight excluding hydrogens is 392 g/mol. The fourth-order valence-corrected chi connectivity index (χ4v) is 4.30. The van der Waals surface area contributed by atoms with E-state index in [0.717, 1.165) is 18.4 Å². The molecule has 0 amide bonds. The lowest BCUT2D eigenvalue weighted by Crippen LogP contribution is -2.44. The van der Waals surface area contributed by atoms with Crippen LogP contribution in [0.1, 0.15) is 18.7 Å². The Balaban J connectivity index is 1.69. The number of aromatic nitrogens is 5. The van der Waals surface area contributed by atoms with Crippen LogP contribution in [0, 0.1) is 0 Å². The van der Waals surface area contributed by atoms with Crippen molar-refractivity contribution in [3.8, 4) is 11.3 Å². The zero-order chi connectivity index (χ0) is 20.4. The summed E-state index contributed by atoms with van der Waals surface area (Å²) < 4.78 is 25.4. The first-order valence-corrected chi connectivity index (χ1v) is 11.1. The third kappa shape index (κ3) is 4.25.